The summed E-state index contributed by atoms with van der Waals surface area (Å²) in [6.45, 7) is 7.30. The molecule has 2 atom stereocenters. The van der Waals surface area contributed by atoms with Gasteiger partial charge in [-0.1, -0.05) is 27.2 Å². The molecule has 3 N–H and O–H groups in total. The van der Waals surface area contributed by atoms with Crippen molar-refractivity contribution in [2.45, 2.75) is 52.2 Å². The molecule has 5 heteroatoms. The summed E-state index contributed by atoms with van der Waals surface area (Å²) in [6, 6.07) is 0.204. The SMILES string of the molecule is CCCCOC1CC(NC(=O)CN)C1(C)C.Cl. The summed E-state index contributed by atoms with van der Waals surface area (Å²) in [5.74, 6) is -0.0786. The predicted molar refractivity (Wildman–Crippen MR) is 71.3 cm³/mol. The zero-order valence-electron chi connectivity index (χ0n) is 11.0. The third-order valence-corrected chi connectivity index (χ3v) is 3.52. The lowest BCUT2D eigenvalue weighted by Gasteiger charge is -2.51. The van der Waals surface area contributed by atoms with Gasteiger partial charge in [-0.3, -0.25) is 4.79 Å². The van der Waals surface area contributed by atoms with E-state index in [4.69, 9.17) is 10.5 Å². The molecular formula is C12H25ClN2O2. The predicted octanol–water partition coefficient (Wildman–Crippen LogP) is 1.47. The molecule has 0 radical (unpaired) electrons. The second-order valence-corrected chi connectivity index (χ2v) is 5.09. The molecule has 1 amide bonds. The first-order valence-electron chi connectivity index (χ1n) is 6.13. The van der Waals surface area contributed by atoms with Gasteiger partial charge in [0.05, 0.1) is 12.6 Å². The monoisotopic (exact) mass is 264 g/mol. The van der Waals surface area contributed by atoms with Crippen LogP contribution in [0.15, 0.2) is 0 Å². The van der Waals surface area contributed by atoms with Crippen LogP contribution in [0, 0.1) is 5.41 Å². The highest BCUT2D eigenvalue weighted by molar-refractivity contribution is 5.85. The van der Waals surface area contributed by atoms with Crippen LogP contribution in [0.1, 0.15) is 40.0 Å². The van der Waals surface area contributed by atoms with Gasteiger partial charge in [0.2, 0.25) is 5.91 Å². The Labute approximate surface area is 110 Å². The highest BCUT2D eigenvalue weighted by Crippen LogP contribution is 2.42. The number of hydrogen-bond donors (Lipinski definition) is 2. The quantitative estimate of drug-likeness (QED) is 0.714. The lowest BCUT2D eigenvalue weighted by molar-refractivity contribution is -0.137. The van der Waals surface area contributed by atoms with E-state index in [2.05, 4.69) is 26.1 Å². The highest BCUT2D eigenvalue weighted by atomic mass is 35.5. The van der Waals surface area contributed by atoms with Crippen LogP contribution in [0.25, 0.3) is 0 Å². The molecule has 1 saturated carbocycles. The first-order chi connectivity index (χ1) is 7.52. The van der Waals surface area contributed by atoms with Gasteiger partial charge in [0.15, 0.2) is 0 Å². The number of hydrogen-bond acceptors (Lipinski definition) is 3. The highest BCUT2D eigenvalue weighted by Gasteiger charge is 2.49. The van der Waals surface area contributed by atoms with E-state index in [-0.39, 0.29) is 42.4 Å². The van der Waals surface area contributed by atoms with Crippen molar-refractivity contribution in [3.05, 3.63) is 0 Å². The van der Waals surface area contributed by atoms with E-state index in [1.807, 2.05) is 0 Å². The third kappa shape index (κ3) is 4.12. The number of nitrogens with two attached hydrogens (primary N) is 1. The number of nitrogens with one attached hydrogen (secondary N) is 1. The average Bonchev–Trinajstić information content (AvgIpc) is 2.26. The van der Waals surface area contributed by atoms with Crippen molar-refractivity contribution in [3.8, 4) is 0 Å². The van der Waals surface area contributed by atoms with Crippen LogP contribution in [0.5, 0.6) is 0 Å². The molecule has 0 saturated heterocycles. The van der Waals surface area contributed by atoms with Crippen LogP contribution in [0.2, 0.25) is 0 Å². The first-order valence-corrected chi connectivity index (χ1v) is 6.13. The number of ether oxygens (including phenoxy) is 1. The molecule has 0 aromatic carbocycles. The average molecular weight is 265 g/mol. The van der Waals surface area contributed by atoms with Gasteiger partial charge in [0, 0.05) is 18.1 Å². The van der Waals surface area contributed by atoms with E-state index >= 15 is 0 Å². The maximum atomic E-state index is 11.2. The Morgan fingerprint density at radius 1 is 1.53 bits per heavy atom. The van der Waals surface area contributed by atoms with Gasteiger partial charge in [-0.25, -0.2) is 0 Å². The normalized spacial score (nSPS) is 25.6. The van der Waals surface area contributed by atoms with E-state index in [1.165, 1.54) is 0 Å². The Morgan fingerprint density at radius 2 is 2.18 bits per heavy atom. The maximum Gasteiger partial charge on any atom is 0.233 e. The number of amides is 1. The summed E-state index contributed by atoms with van der Waals surface area (Å²) in [7, 11) is 0. The van der Waals surface area contributed by atoms with Crippen molar-refractivity contribution in [1.82, 2.24) is 5.32 Å². The molecule has 17 heavy (non-hydrogen) atoms. The standard InChI is InChI=1S/C12H24N2O2.ClH/c1-4-5-6-16-10-7-9(12(10,2)3)14-11(15)8-13;/h9-10H,4-8,13H2,1-3H3,(H,14,15);1H. The molecule has 4 nitrogen and oxygen atoms in total. The summed E-state index contributed by atoms with van der Waals surface area (Å²) in [5, 5.41) is 2.93. The minimum atomic E-state index is -0.0786. The molecule has 2 unspecified atom stereocenters. The Kier molecular flexibility index (Phi) is 7.05. The fourth-order valence-corrected chi connectivity index (χ4v) is 2.04. The van der Waals surface area contributed by atoms with Crippen molar-refractivity contribution in [2.75, 3.05) is 13.2 Å². The van der Waals surface area contributed by atoms with Crippen molar-refractivity contribution in [2.24, 2.45) is 11.1 Å². The molecule has 1 aliphatic carbocycles. The van der Waals surface area contributed by atoms with Gasteiger partial charge in [0.1, 0.15) is 0 Å². The molecule has 0 bridgehead atoms. The second-order valence-electron chi connectivity index (χ2n) is 5.09. The lowest BCUT2D eigenvalue weighted by Crippen LogP contribution is -2.62. The van der Waals surface area contributed by atoms with Crippen LogP contribution in [0.4, 0.5) is 0 Å². The van der Waals surface area contributed by atoms with Gasteiger partial charge in [-0.2, -0.15) is 0 Å². The van der Waals surface area contributed by atoms with Crippen LogP contribution in [-0.2, 0) is 9.53 Å². The summed E-state index contributed by atoms with van der Waals surface area (Å²) in [5.41, 5.74) is 5.30. The molecule has 1 aliphatic rings. The molecule has 102 valence electrons. The Balaban J connectivity index is 0.00000256. The largest absolute Gasteiger partial charge is 0.378 e. The minimum absolute atomic E-state index is 0. The summed E-state index contributed by atoms with van der Waals surface area (Å²) in [6.07, 6.45) is 3.43. The van der Waals surface area contributed by atoms with Gasteiger partial charge < -0.3 is 15.8 Å². The third-order valence-electron chi connectivity index (χ3n) is 3.52. The lowest BCUT2D eigenvalue weighted by atomic mass is 9.64. The minimum Gasteiger partial charge on any atom is -0.378 e. The number of unbranched alkanes of at least 4 members (excludes halogenated alkanes) is 1. The van der Waals surface area contributed by atoms with Crippen molar-refractivity contribution in [1.29, 1.82) is 0 Å². The fraction of sp³-hybridized carbons (Fsp3) is 0.917. The van der Waals surface area contributed by atoms with Crippen LogP contribution >= 0.6 is 12.4 Å². The second kappa shape index (κ2) is 7.19. The Hall–Kier alpha value is -0.320. The van der Waals surface area contributed by atoms with Crippen LogP contribution < -0.4 is 11.1 Å². The van der Waals surface area contributed by atoms with Crippen LogP contribution in [-0.4, -0.2) is 31.2 Å². The Bertz CT molecular complexity index is 247. The summed E-state index contributed by atoms with van der Waals surface area (Å²) >= 11 is 0. The van der Waals surface area contributed by atoms with E-state index in [1.54, 1.807) is 0 Å². The van der Waals surface area contributed by atoms with Gasteiger partial charge in [0.25, 0.3) is 0 Å². The Morgan fingerprint density at radius 3 is 2.65 bits per heavy atom. The van der Waals surface area contributed by atoms with E-state index in [9.17, 15) is 4.79 Å². The topological polar surface area (TPSA) is 64.3 Å². The molecule has 0 heterocycles. The fourth-order valence-electron chi connectivity index (χ4n) is 2.04. The molecule has 0 spiro atoms. The number of rotatable bonds is 6. The molecule has 1 fully saturated rings. The zero-order chi connectivity index (χ0) is 12.2. The van der Waals surface area contributed by atoms with Gasteiger partial charge in [-0.15, -0.1) is 12.4 Å². The van der Waals surface area contributed by atoms with Crippen molar-refractivity contribution in [3.63, 3.8) is 0 Å². The van der Waals surface area contributed by atoms with E-state index < -0.39 is 0 Å². The number of carbonyl (C=O) groups excluding carboxylic acids is 1. The summed E-state index contributed by atoms with van der Waals surface area (Å²) < 4.78 is 5.80. The zero-order valence-corrected chi connectivity index (χ0v) is 11.8. The van der Waals surface area contributed by atoms with E-state index in [0.29, 0.717) is 0 Å². The number of halogens is 1. The first kappa shape index (κ1) is 16.7. The molecule has 0 aromatic rings. The summed E-state index contributed by atoms with van der Waals surface area (Å²) in [4.78, 5) is 11.2. The van der Waals surface area contributed by atoms with E-state index in [0.717, 1.165) is 25.9 Å². The molecule has 1 rings (SSSR count). The molecular weight excluding hydrogens is 240 g/mol. The molecule has 0 aliphatic heterocycles. The molecule has 0 aromatic heterocycles. The van der Waals surface area contributed by atoms with Crippen molar-refractivity contribution >= 4 is 18.3 Å². The van der Waals surface area contributed by atoms with Crippen molar-refractivity contribution < 1.29 is 9.53 Å². The smallest absolute Gasteiger partial charge is 0.233 e. The van der Waals surface area contributed by atoms with Crippen LogP contribution in [0.3, 0.4) is 0 Å². The maximum absolute atomic E-state index is 11.2. The number of carbonyl (C=O) groups is 1. The van der Waals surface area contributed by atoms with Gasteiger partial charge >= 0.3 is 0 Å². The van der Waals surface area contributed by atoms with Gasteiger partial charge in [-0.05, 0) is 12.8 Å².